The quantitative estimate of drug-likeness (QED) is 0.276. The van der Waals surface area contributed by atoms with Gasteiger partial charge in [-0.1, -0.05) is 52.4 Å². The molecule has 0 fully saturated rings. The highest BCUT2D eigenvalue weighted by atomic mass is 127. The predicted molar refractivity (Wildman–Crippen MR) is 109 cm³/mol. The van der Waals surface area contributed by atoms with Gasteiger partial charge in [-0.15, -0.1) is 0 Å². The summed E-state index contributed by atoms with van der Waals surface area (Å²) >= 11 is 2.32. The normalized spacial score (nSPS) is 9.88. The van der Waals surface area contributed by atoms with Gasteiger partial charge in [0.2, 0.25) is 0 Å². The second-order valence-electron chi connectivity index (χ2n) is 5.53. The molecule has 0 unspecified atom stereocenters. The number of unbranched alkanes of at least 4 members (excludes halogenated alkanes) is 6. The lowest BCUT2D eigenvalue weighted by Crippen LogP contribution is -2.00. The Balaban J connectivity index is 0.00000163. The van der Waals surface area contributed by atoms with Crippen molar-refractivity contribution in [1.29, 1.82) is 0 Å². The Bertz CT molecular complexity index is 405. The minimum Gasteiger partial charge on any atom is -0.494 e. The predicted octanol–water partition coefficient (Wildman–Crippen LogP) is 4.71. The van der Waals surface area contributed by atoms with Crippen molar-refractivity contribution in [2.75, 3.05) is 13.2 Å². The first-order valence-electron chi connectivity index (χ1n) is 8.84. The molecule has 2 N–H and O–H groups in total. The fourth-order valence-electron chi connectivity index (χ4n) is 2.12. The van der Waals surface area contributed by atoms with Crippen LogP contribution in [0.25, 0.3) is 0 Å². The van der Waals surface area contributed by atoms with Crippen LogP contribution in [0.15, 0.2) is 18.2 Å². The van der Waals surface area contributed by atoms with E-state index >= 15 is 0 Å². The van der Waals surface area contributed by atoms with Gasteiger partial charge in [-0.25, -0.2) is 0 Å². The van der Waals surface area contributed by atoms with E-state index in [9.17, 15) is 0 Å². The van der Waals surface area contributed by atoms with Gasteiger partial charge >= 0.3 is 7.69 Å². The molecule has 1 radical (unpaired) electrons. The van der Waals surface area contributed by atoms with E-state index < -0.39 is 0 Å². The molecule has 0 aliphatic heterocycles. The van der Waals surface area contributed by atoms with Crippen LogP contribution in [-0.2, 0) is 0 Å². The SMILES string of the molecule is CCCCCCOc1ccc(OCCCCCC)c(I)c1.O[B]O. The molecule has 24 heavy (non-hydrogen) atoms. The maximum Gasteiger partial charge on any atom is 0.482 e. The Morgan fingerprint density at radius 1 is 0.875 bits per heavy atom. The van der Waals surface area contributed by atoms with Crippen LogP contribution in [-0.4, -0.2) is 30.9 Å². The number of benzene rings is 1. The van der Waals surface area contributed by atoms with Gasteiger partial charge in [0.15, 0.2) is 0 Å². The molecule has 137 valence electrons. The lowest BCUT2D eigenvalue weighted by Gasteiger charge is -2.11. The average molecular weight is 449 g/mol. The standard InChI is InChI=1S/C18H29IO2.BH2O2/c1-3-5-7-9-13-20-16-11-12-18(17(19)15-16)21-14-10-8-6-4-2;2-1-3/h11-12,15H,3-10,13-14H2,1-2H3;2-3H. The van der Waals surface area contributed by atoms with E-state index in [1.165, 1.54) is 38.5 Å². The van der Waals surface area contributed by atoms with Crippen LogP contribution in [0.5, 0.6) is 11.5 Å². The lowest BCUT2D eigenvalue weighted by atomic mass is 10.2. The summed E-state index contributed by atoms with van der Waals surface area (Å²) in [7, 11) is 0. The molecule has 0 spiro atoms. The summed E-state index contributed by atoms with van der Waals surface area (Å²) in [6.45, 7) is 6.08. The summed E-state index contributed by atoms with van der Waals surface area (Å²) < 4.78 is 12.8. The van der Waals surface area contributed by atoms with Gasteiger partial charge in [-0.3, -0.25) is 0 Å². The van der Waals surface area contributed by atoms with Crippen molar-refractivity contribution in [2.24, 2.45) is 0 Å². The van der Waals surface area contributed by atoms with E-state index in [4.69, 9.17) is 19.5 Å². The largest absolute Gasteiger partial charge is 0.494 e. The van der Waals surface area contributed by atoms with Crippen molar-refractivity contribution >= 4 is 30.3 Å². The Hall–Kier alpha value is -0.465. The molecule has 0 bridgehead atoms. The van der Waals surface area contributed by atoms with Gasteiger partial charge in [0.05, 0.1) is 16.8 Å². The first-order valence-corrected chi connectivity index (χ1v) is 9.92. The van der Waals surface area contributed by atoms with Gasteiger partial charge in [-0.05, 0) is 53.6 Å². The Labute approximate surface area is 161 Å². The van der Waals surface area contributed by atoms with Gasteiger partial charge in [0, 0.05) is 0 Å². The number of ether oxygens (including phenoxy) is 2. The van der Waals surface area contributed by atoms with E-state index in [2.05, 4.69) is 42.5 Å². The molecule has 0 heterocycles. The molecular weight excluding hydrogens is 418 g/mol. The zero-order chi connectivity index (χ0) is 18.0. The van der Waals surface area contributed by atoms with E-state index in [1.54, 1.807) is 0 Å². The Morgan fingerprint density at radius 2 is 1.42 bits per heavy atom. The molecular formula is C18H31BIO4. The van der Waals surface area contributed by atoms with E-state index in [-0.39, 0.29) is 7.69 Å². The Kier molecular flexibility index (Phi) is 17.0. The molecule has 1 rings (SSSR count). The monoisotopic (exact) mass is 449 g/mol. The van der Waals surface area contributed by atoms with Crippen molar-refractivity contribution in [3.8, 4) is 11.5 Å². The number of halogens is 1. The molecule has 0 aliphatic carbocycles. The van der Waals surface area contributed by atoms with Crippen LogP contribution in [0.1, 0.15) is 65.2 Å². The summed E-state index contributed by atoms with van der Waals surface area (Å²) in [5.74, 6) is 1.93. The molecule has 0 saturated carbocycles. The highest BCUT2D eigenvalue weighted by Gasteiger charge is 2.03. The first-order chi connectivity index (χ1) is 11.7. The lowest BCUT2D eigenvalue weighted by molar-refractivity contribution is 0.295. The third kappa shape index (κ3) is 12.9. The van der Waals surface area contributed by atoms with Gasteiger partial charge in [0.25, 0.3) is 0 Å². The molecule has 4 nitrogen and oxygen atoms in total. The summed E-state index contributed by atoms with van der Waals surface area (Å²) in [5.41, 5.74) is 0. The van der Waals surface area contributed by atoms with Crippen LogP contribution in [0.4, 0.5) is 0 Å². The van der Waals surface area contributed by atoms with Gasteiger partial charge in [0.1, 0.15) is 11.5 Å². The molecule has 0 saturated heterocycles. The summed E-state index contributed by atoms with van der Waals surface area (Å²) in [5, 5.41) is 14.0. The van der Waals surface area contributed by atoms with E-state index in [0.29, 0.717) is 0 Å². The molecule has 0 aliphatic rings. The number of hydrogen-bond acceptors (Lipinski definition) is 4. The van der Waals surface area contributed by atoms with Crippen LogP contribution in [0.3, 0.4) is 0 Å². The van der Waals surface area contributed by atoms with Gasteiger partial charge in [-0.2, -0.15) is 0 Å². The molecule has 0 aromatic heterocycles. The summed E-state index contributed by atoms with van der Waals surface area (Å²) in [6, 6.07) is 6.12. The van der Waals surface area contributed by atoms with Crippen molar-refractivity contribution in [1.82, 2.24) is 0 Å². The zero-order valence-corrected chi connectivity index (χ0v) is 17.1. The highest BCUT2D eigenvalue weighted by Crippen LogP contribution is 2.26. The van der Waals surface area contributed by atoms with E-state index in [1.807, 2.05) is 12.1 Å². The van der Waals surface area contributed by atoms with Crippen molar-refractivity contribution < 1.29 is 19.5 Å². The zero-order valence-electron chi connectivity index (χ0n) is 15.0. The highest BCUT2D eigenvalue weighted by molar-refractivity contribution is 14.1. The minimum atomic E-state index is 0. The Morgan fingerprint density at radius 3 is 1.92 bits per heavy atom. The van der Waals surface area contributed by atoms with Crippen LogP contribution < -0.4 is 9.47 Å². The first kappa shape index (κ1) is 23.5. The van der Waals surface area contributed by atoms with Crippen LogP contribution in [0, 0.1) is 3.57 Å². The maximum absolute atomic E-state index is 7.00. The van der Waals surface area contributed by atoms with Crippen LogP contribution >= 0.6 is 22.6 Å². The average Bonchev–Trinajstić information content (AvgIpc) is 2.57. The van der Waals surface area contributed by atoms with Crippen molar-refractivity contribution in [3.63, 3.8) is 0 Å². The summed E-state index contributed by atoms with van der Waals surface area (Å²) in [6.07, 6.45) is 9.92. The number of rotatable bonds is 12. The molecule has 1 aromatic carbocycles. The maximum atomic E-state index is 7.00. The fourth-order valence-corrected chi connectivity index (χ4v) is 2.76. The second-order valence-corrected chi connectivity index (χ2v) is 6.69. The van der Waals surface area contributed by atoms with Crippen molar-refractivity contribution in [2.45, 2.75) is 65.2 Å². The fraction of sp³-hybridized carbons (Fsp3) is 0.667. The third-order valence-corrected chi connectivity index (χ3v) is 4.27. The number of hydrogen-bond donors (Lipinski definition) is 2. The molecule has 1 aromatic rings. The van der Waals surface area contributed by atoms with Gasteiger partial charge < -0.3 is 19.5 Å². The summed E-state index contributed by atoms with van der Waals surface area (Å²) in [4.78, 5) is 0. The van der Waals surface area contributed by atoms with E-state index in [0.717, 1.165) is 41.1 Å². The molecule has 0 atom stereocenters. The second kappa shape index (κ2) is 17.4. The molecule has 0 amide bonds. The molecule has 6 heteroatoms. The topological polar surface area (TPSA) is 58.9 Å². The smallest absolute Gasteiger partial charge is 0.482 e. The minimum absolute atomic E-state index is 0. The third-order valence-electron chi connectivity index (χ3n) is 3.43. The van der Waals surface area contributed by atoms with Crippen LogP contribution in [0.2, 0.25) is 0 Å². The van der Waals surface area contributed by atoms with Crippen molar-refractivity contribution in [3.05, 3.63) is 21.8 Å².